The molecule has 1 saturated heterocycles. The SMILES string of the molecule is COC(=O)c1cc(NC(=O)C2CC(=O)N(C(C)C)C2)cc(C(=O)OC)c1. The van der Waals surface area contributed by atoms with Crippen molar-refractivity contribution in [3.63, 3.8) is 0 Å². The largest absolute Gasteiger partial charge is 0.465 e. The zero-order chi connectivity index (χ0) is 19.4. The number of carbonyl (C=O) groups is 4. The highest BCUT2D eigenvalue weighted by Crippen LogP contribution is 2.23. The minimum atomic E-state index is -0.645. The maximum absolute atomic E-state index is 12.5. The van der Waals surface area contributed by atoms with Crippen LogP contribution in [0.5, 0.6) is 0 Å². The number of benzene rings is 1. The quantitative estimate of drug-likeness (QED) is 0.796. The van der Waals surface area contributed by atoms with Crippen molar-refractivity contribution in [1.29, 1.82) is 0 Å². The Kier molecular flexibility index (Phi) is 5.97. The van der Waals surface area contributed by atoms with Crippen molar-refractivity contribution in [3.8, 4) is 0 Å². The Hall–Kier alpha value is -2.90. The van der Waals surface area contributed by atoms with Gasteiger partial charge >= 0.3 is 11.9 Å². The molecule has 0 saturated carbocycles. The van der Waals surface area contributed by atoms with Crippen LogP contribution in [0.25, 0.3) is 0 Å². The van der Waals surface area contributed by atoms with Crippen molar-refractivity contribution in [2.45, 2.75) is 26.3 Å². The molecule has 0 aromatic heterocycles. The lowest BCUT2D eigenvalue weighted by atomic mass is 10.1. The minimum absolute atomic E-state index is 0.0221. The third-order valence-corrected chi connectivity index (χ3v) is 4.20. The van der Waals surface area contributed by atoms with Gasteiger partial charge in [-0.25, -0.2) is 9.59 Å². The molecule has 1 heterocycles. The zero-order valence-corrected chi connectivity index (χ0v) is 15.2. The number of carbonyl (C=O) groups excluding carboxylic acids is 4. The molecular formula is C18H22N2O6. The third-order valence-electron chi connectivity index (χ3n) is 4.20. The summed E-state index contributed by atoms with van der Waals surface area (Å²) in [4.78, 5) is 49.7. The summed E-state index contributed by atoms with van der Waals surface area (Å²) in [6, 6.07) is 4.17. The van der Waals surface area contributed by atoms with Gasteiger partial charge in [0.25, 0.3) is 0 Å². The van der Waals surface area contributed by atoms with E-state index in [1.54, 1.807) is 4.90 Å². The second kappa shape index (κ2) is 7.99. The van der Waals surface area contributed by atoms with E-state index in [0.717, 1.165) is 0 Å². The maximum Gasteiger partial charge on any atom is 0.337 e. The number of likely N-dealkylation sites (tertiary alicyclic amines) is 1. The van der Waals surface area contributed by atoms with E-state index < -0.39 is 17.9 Å². The van der Waals surface area contributed by atoms with Crippen LogP contribution in [0, 0.1) is 5.92 Å². The summed E-state index contributed by atoms with van der Waals surface area (Å²) < 4.78 is 9.33. The van der Waals surface area contributed by atoms with Gasteiger partial charge in [0.1, 0.15) is 0 Å². The summed E-state index contributed by atoms with van der Waals surface area (Å²) in [5, 5.41) is 2.67. The zero-order valence-electron chi connectivity index (χ0n) is 15.2. The standard InChI is InChI=1S/C18H22N2O6/c1-10(2)20-9-13(8-15(20)21)16(22)19-14-6-11(17(23)25-3)5-12(7-14)18(24)26-4/h5-7,10,13H,8-9H2,1-4H3,(H,19,22). The second-order valence-corrected chi connectivity index (χ2v) is 6.31. The van der Waals surface area contributed by atoms with Gasteiger partial charge in [0.05, 0.1) is 31.3 Å². The Morgan fingerprint density at radius 3 is 2.04 bits per heavy atom. The van der Waals surface area contributed by atoms with Crippen molar-refractivity contribution < 1.29 is 28.7 Å². The van der Waals surface area contributed by atoms with Gasteiger partial charge in [-0.1, -0.05) is 0 Å². The van der Waals surface area contributed by atoms with Crippen LogP contribution >= 0.6 is 0 Å². The molecule has 2 amide bonds. The number of anilines is 1. The van der Waals surface area contributed by atoms with Crippen molar-refractivity contribution >= 4 is 29.4 Å². The molecule has 1 aliphatic heterocycles. The molecule has 1 aliphatic rings. The summed E-state index contributed by atoms with van der Waals surface area (Å²) in [6.45, 7) is 4.12. The average Bonchev–Trinajstić information content (AvgIpc) is 3.02. The van der Waals surface area contributed by atoms with Gasteiger partial charge in [0, 0.05) is 24.7 Å². The van der Waals surface area contributed by atoms with Crippen molar-refractivity contribution in [1.82, 2.24) is 4.90 Å². The first-order chi connectivity index (χ1) is 12.3. The van der Waals surface area contributed by atoms with Gasteiger partial charge in [-0.3, -0.25) is 9.59 Å². The van der Waals surface area contributed by atoms with Crippen LogP contribution in [0.15, 0.2) is 18.2 Å². The topological polar surface area (TPSA) is 102 Å². The molecule has 0 spiro atoms. The number of amides is 2. The molecule has 1 fully saturated rings. The molecule has 1 aromatic carbocycles. The average molecular weight is 362 g/mol. The van der Waals surface area contributed by atoms with E-state index in [-0.39, 0.29) is 41.1 Å². The Labute approximate surface area is 151 Å². The first-order valence-corrected chi connectivity index (χ1v) is 8.18. The van der Waals surface area contributed by atoms with Crippen molar-refractivity contribution in [2.75, 3.05) is 26.1 Å². The Balaban J connectivity index is 2.22. The van der Waals surface area contributed by atoms with E-state index in [1.165, 1.54) is 32.4 Å². The van der Waals surface area contributed by atoms with Gasteiger partial charge in [0.15, 0.2) is 0 Å². The lowest BCUT2D eigenvalue weighted by Crippen LogP contribution is -2.33. The van der Waals surface area contributed by atoms with Crippen LogP contribution in [0.4, 0.5) is 5.69 Å². The minimum Gasteiger partial charge on any atom is -0.465 e. The van der Waals surface area contributed by atoms with Crippen LogP contribution in [0.1, 0.15) is 41.0 Å². The van der Waals surface area contributed by atoms with Gasteiger partial charge in [-0.05, 0) is 32.0 Å². The van der Waals surface area contributed by atoms with Gasteiger partial charge < -0.3 is 19.7 Å². The number of hydrogen-bond acceptors (Lipinski definition) is 6. The highest BCUT2D eigenvalue weighted by atomic mass is 16.5. The molecular weight excluding hydrogens is 340 g/mol. The molecule has 26 heavy (non-hydrogen) atoms. The monoisotopic (exact) mass is 362 g/mol. The molecule has 0 aliphatic carbocycles. The molecule has 1 unspecified atom stereocenters. The number of ether oxygens (including phenoxy) is 2. The second-order valence-electron chi connectivity index (χ2n) is 6.31. The molecule has 8 nitrogen and oxygen atoms in total. The first kappa shape index (κ1) is 19.4. The Morgan fingerprint density at radius 1 is 1.08 bits per heavy atom. The molecule has 0 radical (unpaired) electrons. The Bertz CT molecular complexity index is 709. The fourth-order valence-electron chi connectivity index (χ4n) is 2.82. The van der Waals surface area contributed by atoms with E-state index in [4.69, 9.17) is 0 Å². The van der Waals surface area contributed by atoms with E-state index in [9.17, 15) is 19.2 Å². The first-order valence-electron chi connectivity index (χ1n) is 8.18. The molecule has 1 atom stereocenters. The van der Waals surface area contributed by atoms with Crippen LogP contribution in [0.3, 0.4) is 0 Å². The summed E-state index contributed by atoms with van der Waals surface area (Å²) in [5.41, 5.74) is 0.475. The fourth-order valence-corrected chi connectivity index (χ4v) is 2.82. The van der Waals surface area contributed by atoms with Gasteiger partial charge in [-0.2, -0.15) is 0 Å². The summed E-state index contributed by atoms with van der Waals surface area (Å²) in [7, 11) is 2.44. The summed E-state index contributed by atoms with van der Waals surface area (Å²) in [6.07, 6.45) is 0.130. The predicted molar refractivity (Wildman–Crippen MR) is 92.7 cm³/mol. The highest BCUT2D eigenvalue weighted by molar-refractivity contribution is 6.01. The summed E-state index contributed by atoms with van der Waals surface area (Å²) >= 11 is 0. The highest BCUT2D eigenvalue weighted by Gasteiger charge is 2.35. The molecule has 1 aromatic rings. The van der Waals surface area contributed by atoms with E-state index >= 15 is 0 Å². The number of esters is 2. The summed E-state index contributed by atoms with van der Waals surface area (Å²) in [5.74, 6) is -2.20. The van der Waals surface area contributed by atoms with E-state index in [0.29, 0.717) is 6.54 Å². The van der Waals surface area contributed by atoms with E-state index in [1.807, 2.05) is 13.8 Å². The smallest absolute Gasteiger partial charge is 0.337 e. The lowest BCUT2D eigenvalue weighted by Gasteiger charge is -2.20. The van der Waals surface area contributed by atoms with Gasteiger partial charge in [0.2, 0.25) is 11.8 Å². The normalized spacial score (nSPS) is 16.6. The van der Waals surface area contributed by atoms with E-state index in [2.05, 4.69) is 14.8 Å². The van der Waals surface area contributed by atoms with Crippen molar-refractivity contribution in [3.05, 3.63) is 29.3 Å². The number of rotatable bonds is 5. The molecule has 2 rings (SSSR count). The van der Waals surface area contributed by atoms with Crippen LogP contribution in [-0.2, 0) is 19.1 Å². The number of nitrogens with one attached hydrogen (secondary N) is 1. The van der Waals surface area contributed by atoms with Gasteiger partial charge in [-0.15, -0.1) is 0 Å². The van der Waals surface area contributed by atoms with Crippen LogP contribution in [0.2, 0.25) is 0 Å². The van der Waals surface area contributed by atoms with Crippen LogP contribution < -0.4 is 5.32 Å². The lowest BCUT2D eigenvalue weighted by molar-refractivity contribution is -0.129. The number of methoxy groups -OCH3 is 2. The molecule has 140 valence electrons. The third kappa shape index (κ3) is 4.19. The molecule has 8 heteroatoms. The molecule has 1 N–H and O–H groups in total. The fraction of sp³-hybridized carbons (Fsp3) is 0.444. The maximum atomic E-state index is 12.5. The number of hydrogen-bond donors (Lipinski definition) is 1. The Morgan fingerprint density at radius 2 is 1.62 bits per heavy atom. The molecule has 0 bridgehead atoms. The predicted octanol–water partition coefficient (Wildman–Crippen LogP) is 1.46. The van der Waals surface area contributed by atoms with Crippen molar-refractivity contribution in [2.24, 2.45) is 5.92 Å². The number of nitrogens with zero attached hydrogens (tertiary/aromatic N) is 1. The van der Waals surface area contributed by atoms with Crippen LogP contribution in [-0.4, -0.2) is 55.5 Å².